The topological polar surface area (TPSA) is 43.4 Å². The average molecular weight is 559 g/mol. The summed E-state index contributed by atoms with van der Waals surface area (Å²) in [6.07, 6.45) is -0.809. The molecule has 6 rings (SSSR count). The van der Waals surface area contributed by atoms with E-state index in [0.717, 1.165) is 22.3 Å². The van der Waals surface area contributed by atoms with Crippen molar-refractivity contribution in [2.24, 2.45) is 0 Å². The Balaban J connectivity index is 1.34. The molecule has 0 aromatic heterocycles. The van der Waals surface area contributed by atoms with Crippen LogP contribution in [0.4, 0.5) is 0 Å². The van der Waals surface area contributed by atoms with Crippen molar-refractivity contribution in [1.82, 2.24) is 0 Å². The van der Waals surface area contributed by atoms with Gasteiger partial charge in [0.25, 0.3) is 0 Å². The van der Waals surface area contributed by atoms with Crippen LogP contribution in [0.15, 0.2) is 170 Å². The van der Waals surface area contributed by atoms with E-state index in [4.69, 9.17) is 4.74 Å². The smallest absolute Gasteiger partial charge is 0.193 e. The number of carbonyl (C=O) groups excluding carboxylic acids is 2. The molecule has 0 aliphatic rings. The highest BCUT2D eigenvalue weighted by Crippen LogP contribution is 2.36. The predicted octanol–water partition coefficient (Wildman–Crippen LogP) is 9.04. The van der Waals surface area contributed by atoms with E-state index in [-0.39, 0.29) is 11.6 Å². The van der Waals surface area contributed by atoms with Crippen LogP contribution in [0, 0.1) is 0 Å². The Labute approximate surface area is 252 Å². The van der Waals surface area contributed by atoms with Crippen LogP contribution in [0.5, 0.6) is 0 Å². The van der Waals surface area contributed by atoms with Crippen LogP contribution in [0.25, 0.3) is 0 Å². The lowest BCUT2D eigenvalue weighted by Crippen LogP contribution is -2.14. The number of hydrogen-bond acceptors (Lipinski definition) is 3. The minimum Gasteiger partial charge on any atom is -0.356 e. The molecule has 6 aromatic carbocycles. The van der Waals surface area contributed by atoms with E-state index in [0.29, 0.717) is 22.3 Å². The Kier molecular flexibility index (Phi) is 8.44. The van der Waals surface area contributed by atoms with E-state index in [9.17, 15) is 9.59 Å². The molecule has 3 nitrogen and oxygen atoms in total. The van der Waals surface area contributed by atoms with Crippen molar-refractivity contribution in [2.75, 3.05) is 0 Å². The van der Waals surface area contributed by atoms with Crippen LogP contribution in [0.3, 0.4) is 0 Å². The van der Waals surface area contributed by atoms with Crippen LogP contribution < -0.4 is 0 Å². The van der Waals surface area contributed by atoms with Gasteiger partial charge in [-0.25, -0.2) is 0 Å². The number of ether oxygens (including phenoxy) is 1. The molecular weight excluding hydrogens is 528 g/mol. The molecule has 0 aliphatic heterocycles. The number of hydrogen-bond donors (Lipinski definition) is 0. The molecule has 3 heteroatoms. The molecule has 0 heterocycles. The molecule has 43 heavy (non-hydrogen) atoms. The Bertz CT molecular complexity index is 1640. The zero-order valence-corrected chi connectivity index (χ0v) is 23.5. The fourth-order valence-corrected chi connectivity index (χ4v) is 5.22. The second-order valence-electron chi connectivity index (χ2n) is 10.4. The first-order valence-corrected chi connectivity index (χ1v) is 14.3. The lowest BCUT2D eigenvalue weighted by molar-refractivity contribution is 0.0308. The number of carbonyl (C=O) groups is 2. The molecule has 208 valence electrons. The third-order valence-corrected chi connectivity index (χ3v) is 7.50. The van der Waals surface area contributed by atoms with Gasteiger partial charge in [0.15, 0.2) is 11.6 Å². The normalized spacial score (nSPS) is 12.3. The molecular formula is C40H30O3. The summed E-state index contributed by atoms with van der Waals surface area (Å²) in [5.74, 6) is -0.0340. The highest BCUT2D eigenvalue weighted by molar-refractivity contribution is 6.09. The van der Waals surface area contributed by atoms with Gasteiger partial charge in [-0.15, -0.1) is 0 Å². The summed E-state index contributed by atoms with van der Waals surface area (Å²) >= 11 is 0. The van der Waals surface area contributed by atoms with Gasteiger partial charge < -0.3 is 4.74 Å². The first-order chi connectivity index (χ1) is 21.2. The summed E-state index contributed by atoms with van der Waals surface area (Å²) in [4.78, 5) is 26.1. The van der Waals surface area contributed by atoms with Gasteiger partial charge in [-0.2, -0.15) is 0 Å². The summed E-state index contributed by atoms with van der Waals surface area (Å²) in [6, 6.07) is 54.1. The van der Waals surface area contributed by atoms with Gasteiger partial charge in [0.05, 0.1) is 0 Å². The van der Waals surface area contributed by atoms with Crippen LogP contribution in [-0.2, 0) is 4.74 Å². The van der Waals surface area contributed by atoms with Crippen molar-refractivity contribution in [1.29, 1.82) is 0 Å². The van der Waals surface area contributed by atoms with Gasteiger partial charge in [-0.05, 0) is 22.3 Å². The Morgan fingerprint density at radius 3 is 0.907 bits per heavy atom. The van der Waals surface area contributed by atoms with Crippen LogP contribution in [0.2, 0.25) is 0 Å². The lowest BCUT2D eigenvalue weighted by Gasteiger charge is -2.27. The number of ketones is 2. The van der Waals surface area contributed by atoms with E-state index in [1.807, 2.05) is 146 Å². The summed E-state index contributed by atoms with van der Waals surface area (Å²) in [5.41, 5.74) is 6.44. The number of benzene rings is 6. The maximum absolute atomic E-state index is 13.1. The number of rotatable bonds is 10. The summed E-state index contributed by atoms with van der Waals surface area (Å²) in [6.45, 7) is 0. The van der Waals surface area contributed by atoms with Gasteiger partial charge in [0, 0.05) is 22.3 Å². The van der Waals surface area contributed by atoms with E-state index in [2.05, 4.69) is 24.3 Å². The van der Waals surface area contributed by atoms with Gasteiger partial charge in [-0.1, -0.05) is 170 Å². The second-order valence-corrected chi connectivity index (χ2v) is 10.4. The second kappa shape index (κ2) is 13.1. The highest BCUT2D eigenvalue weighted by atomic mass is 16.5. The monoisotopic (exact) mass is 558 g/mol. The fraction of sp³-hybridized carbons (Fsp3) is 0.0500. The lowest BCUT2D eigenvalue weighted by atomic mass is 9.95. The van der Waals surface area contributed by atoms with Crippen LogP contribution in [-0.4, -0.2) is 11.6 Å². The van der Waals surface area contributed by atoms with Crippen molar-refractivity contribution < 1.29 is 14.3 Å². The molecule has 0 aliphatic carbocycles. The van der Waals surface area contributed by atoms with Crippen LogP contribution in [0.1, 0.15) is 66.3 Å². The zero-order valence-electron chi connectivity index (χ0n) is 23.5. The Hall–Kier alpha value is -5.38. The van der Waals surface area contributed by atoms with E-state index >= 15 is 0 Å². The van der Waals surface area contributed by atoms with Gasteiger partial charge >= 0.3 is 0 Å². The zero-order chi connectivity index (χ0) is 29.4. The van der Waals surface area contributed by atoms with Crippen LogP contribution >= 0.6 is 0 Å². The Morgan fingerprint density at radius 1 is 0.326 bits per heavy atom. The van der Waals surface area contributed by atoms with Gasteiger partial charge in [0.2, 0.25) is 0 Å². The third-order valence-electron chi connectivity index (χ3n) is 7.50. The molecule has 2 unspecified atom stereocenters. The molecule has 0 N–H and O–H groups in total. The van der Waals surface area contributed by atoms with E-state index in [1.165, 1.54) is 0 Å². The molecule has 0 fully saturated rings. The largest absolute Gasteiger partial charge is 0.356 e. The molecule has 0 bridgehead atoms. The van der Waals surface area contributed by atoms with Crippen molar-refractivity contribution >= 4 is 11.6 Å². The van der Waals surface area contributed by atoms with E-state index < -0.39 is 12.2 Å². The molecule has 0 amide bonds. The summed E-state index contributed by atoms with van der Waals surface area (Å²) in [5, 5.41) is 0. The molecule has 0 saturated carbocycles. The first kappa shape index (κ1) is 27.8. The minimum absolute atomic E-state index is 0.0170. The predicted molar refractivity (Wildman–Crippen MR) is 170 cm³/mol. The molecule has 0 radical (unpaired) electrons. The van der Waals surface area contributed by atoms with Gasteiger partial charge in [0.1, 0.15) is 12.2 Å². The molecule has 0 saturated heterocycles. The van der Waals surface area contributed by atoms with Crippen molar-refractivity contribution in [2.45, 2.75) is 12.2 Å². The molecule has 0 spiro atoms. The quantitative estimate of drug-likeness (QED) is 0.158. The van der Waals surface area contributed by atoms with E-state index in [1.54, 1.807) is 0 Å². The maximum Gasteiger partial charge on any atom is 0.193 e. The van der Waals surface area contributed by atoms with Crippen molar-refractivity contribution in [3.05, 3.63) is 214 Å². The molecule has 2 atom stereocenters. The van der Waals surface area contributed by atoms with Crippen molar-refractivity contribution in [3.8, 4) is 0 Å². The summed E-state index contributed by atoms with van der Waals surface area (Å²) in [7, 11) is 0. The summed E-state index contributed by atoms with van der Waals surface area (Å²) < 4.78 is 6.99. The van der Waals surface area contributed by atoms with Gasteiger partial charge in [-0.3, -0.25) is 9.59 Å². The minimum atomic E-state index is -0.405. The fourth-order valence-electron chi connectivity index (χ4n) is 5.22. The SMILES string of the molecule is O=C(c1ccccc1)c1ccc(C(OC(c2ccccc2)c2ccc(C(=O)c3ccccc3)cc2)c2ccccc2)cc1. The maximum atomic E-state index is 13.1. The standard InChI is InChI=1S/C40H30O3/c41-37(29-13-5-1-6-14-29)31-21-25-35(26-22-31)39(33-17-9-3-10-18-33)43-40(34-19-11-4-12-20-34)36-27-23-32(24-28-36)38(42)30-15-7-2-8-16-30/h1-28,39-40H. The average Bonchev–Trinajstić information content (AvgIpc) is 3.10. The molecule has 6 aromatic rings. The van der Waals surface area contributed by atoms with Crippen molar-refractivity contribution in [3.63, 3.8) is 0 Å². The first-order valence-electron chi connectivity index (χ1n) is 14.3. The Morgan fingerprint density at radius 2 is 0.581 bits per heavy atom. The highest BCUT2D eigenvalue weighted by Gasteiger charge is 2.24. The third kappa shape index (κ3) is 6.43.